The minimum atomic E-state index is -0.445. The van der Waals surface area contributed by atoms with E-state index in [1.165, 1.54) is 20.1 Å². The molecule has 1 heterocycles. The molecule has 0 fully saturated rings. The Labute approximate surface area is 128 Å². The number of nitrogens with one attached hydrogen (secondary N) is 1. The van der Waals surface area contributed by atoms with Crippen molar-refractivity contribution >= 4 is 22.8 Å². The number of hydrogen-bond acceptors (Lipinski definition) is 4. The van der Waals surface area contributed by atoms with Gasteiger partial charge in [-0.15, -0.1) is 0 Å². The molecule has 0 aliphatic carbocycles. The molecular formula is C17H19NO4. The van der Waals surface area contributed by atoms with Gasteiger partial charge in [-0.2, -0.15) is 0 Å². The average Bonchev–Trinajstić information content (AvgIpc) is 2.90. The number of hydrogen-bond donors (Lipinski definition) is 1. The number of fused-ring (bicyclic) bond motifs is 1. The van der Waals surface area contributed by atoms with Crippen molar-refractivity contribution in [2.24, 2.45) is 0 Å². The van der Waals surface area contributed by atoms with Crippen molar-refractivity contribution in [3.63, 3.8) is 0 Å². The van der Waals surface area contributed by atoms with Crippen LogP contribution in [-0.2, 0) is 19.1 Å². The first-order valence-electron chi connectivity index (χ1n) is 7.02. The molecule has 22 heavy (non-hydrogen) atoms. The van der Waals surface area contributed by atoms with Gasteiger partial charge in [0.2, 0.25) is 0 Å². The predicted molar refractivity (Wildman–Crippen MR) is 83.4 cm³/mol. The maximum absolute atomic E-state index is 11.4. The molecule has 5 heteroatoms. The number of benzene rings is 1. The number of rotatable bonds is 5. The van der Waals surface area contributed by atoms with Crippen LogP contribution in [0.25, 0.3) is 10.9 Å². The Morgan fingerprint density at radius 1 is 1.27 bits per heavy atom. The Balaban J connectivity index is 2.40. The number of aromatic nitrogens is 1. The number of carbonyl (C=O) groups is 2. The van der Waals surface area contributed by atoms with Gasteiger partial charge in [0.15, 0.2) is 0 Å². The molecule has 1 N–H and O–H groups in total. The molecular weight excluding hydrogens is 282 g/mol. The van der Waals surface area contributed by atoms with Crippen LogP contribution < -0.4 is 0 Å². The Kier molecular flexibility index (Phi) is 4.99. The highest BCUT2D eigenvalue weighted by Gasteiger charge is 2.22. The summed E-state index contributed by atoms with van der Waals surface area (Å²) in [5.74, 6) is -1.05. The molecule has 1 aromatic carbocycles. The number of methoxy groups -OCH3 is 1. The maximum atomic E-state index is 11.4. The van der Waals surface area contributed by atoms with Crippen LogP contribution in [0.5, 0.6) is 0 Å². The zero-order valence-corrected chi connectivity index (χ0v) is 12.8. The molecule has 0 radical (unpaired) electrons. The van der Waals surface area contributed by atoms with Crippen LogP contribution in [0.15, 0.2) is 42.6 Å². The van der Waals surface area contributed by atoms with Crippen molar-refractivity contribution in [3.05, 3.63) is 48.2 Å². The van der Waals surface area contributed by atoms with Crippen molar-refractivity contribution in [2.75, 3.05) is 7.11 Å². The van der Waals surface area contributed by atoms with Crippen molar-refractivity contribution in [3.8, 4) is 0 Å². The number of ether oxygens (including phenoxy) is 2. The van der Waals surface area contributed by atoms with E-state index >= 15 is 0 Å². The van der Waals surface area contributed by atoms with Gasteiger partial charge >= 0.3 is 11.9 Å². The quantitative estimate of drug-likeness (QED) is 0.681. The topological polar surface area (TPSA) is 68.4 Å². The van der Waals surface area contributed by atoms with Crippen LogP contribution in [-0.4, -0.2) is 30.1 Å². The van der Waals surface area contributed by atoms with E-state index in [0.717, 1.165) is 16.5 Å². The van der Waals surface area contributed by atoms with Gasteiger partial charge in [0, 0.05) is 36.0 Å². The summed E-state index contributed by atoms with van der Waals surface area (Å²) in [5, 5.41) is 1.03. The second-order valence-electron chi connectivity index (χ2n) is 5.01. The van der Waals surface area contributed by atoms with E-state index in [2.05, 4.69) is 9.72 Å². The fourth-order valence-corrected chi connectivity index (χ4v) is 2.47. The first-order chi connectivity index (χ1) is 10.5. The molecule has 0 bridgehead atoms. The Morgan fingerprint density at radius 2 is 2.00 bits per heavy atom. The molecule has 2 aromatic rings. The molecule has 0 spiro atoms. The third-order valence-electron chi connectivity index (χ3n) is 3.48. The fraction of sp³-hybridized carbons (Fsp3) is 0.294. The standard InChI is InChI=1S/C17H19NO4/c1-11(22-12(2)19)13(8-9-17(20)21-3)15-10-18-16-7-5-4-6-14(15)16/h4-11,13,18H,1-3H3/b9-8+/t11-,13+/m0/s1. The lowest BCUT2D eigenvalue weighted by atomic mass is 9.93. The number of para-hydroxylation sites is 1. The van der Waals surface area contributed by atoms with Crippen LogP contribution in [0.4, 0.5) is 0 Å². The molecule has 116 valence electrons. The van der Waals surface area contributed by atoms with Crippen LogP contribution in [0.1, 0.15) is 25.3 Å². The predicted octanol–water partition coefficient (Wildman–Crippen LogP) is 2.93. The largest absolute Gasteiger partial charge is 0.466 e. The SMILES string of the molecule is COC(=O)/C=C/[C@@H](c1c[nH]c2ccccc12)[C@H](C)OC(C)=O. The summed E-state index contributed by atoms with van der Waals surface area (Å²) < 4.78 is 9.92. The number of H-pyrrole nitrogens is 1. The summed E-state index contributed by atoms with van der Waals surface area (Å²) in [6.07, 6.45) is 4.52. The zero-order chi connectivity index (χ0) is 16.1. The van der Waals surface area contributed by atoms with Gasteiger partial charge < -0.3 is 14.5 Å². The molecule has 0 saturated carbocycles. The molecule has 2 atom stereocenters. The van der Waals surface area contributed by atoms with Crippen LogP contribution in [0, 0.1) is 0 Å². The normalized spacial score (nSPS) is 14.0. The lowest BCUT2D eigenvalue weighted by Gasteiger charge is -2.20. The summed E-state index contributed by atoms with van der Waals surface area (Å²) >= 11 is 0. The zero-order valence-electron chi connectivity index (χ0n) is 12.8. The van der Waals surface area contributed by atoms with E-state index in [-0.39, 0.29) is 11.9 Å². The summed E-state index contributed by atoms with van der Waals surface area (Å²) in [6.45, 7) is 3.17. The average molecular weight is 301 g/mol. The Morgan fingerprint density at radius 3 is 2.68 bits per heavy atom. The molecule has 0 amide bonds. The smallest absolute Gasteiger partial charge is 0.330 e. The minimum Gasteiger partial charge on any atom is -0.466 e. The van der Waals surface area contributed by atoms with Crippen LogP contribution >= 0.6 is 0 Å². The Hall–Kier alpha value is -2.56. The van der Waals surface area contributed by atoms with Crippen molar-refractivity contribution in [1.29, 1.82) is 0 Å². The second kappa shape index (κ2) is 6.93. The molecule has 0 aliphatic rings. The van der Waals surface area contributed by atoms with Crippen LogP contribution in [0.3, 0.4) is 0 Å². The van der Waals surface area contributed by atoms with E-state index in [1.807, 2.05) is 30.5 Å². The van der Waals surface area contributed by atoms with Gasteiger partial charge in [0.1, 0.15) is 6.10 Å². The van der Waals surface area contributed by atoms with E-state index < -0.39 is 12.1 Å². The second-order valence-corrected chi connectivity index (χ2v) is 5.01. The van der Waals surface area contributed by atoms with Crippen molar-refractivity contribution in [2.45, 2.75) is 25.9 Å². The molecule has 0 saturated heterocycles. The van der Waals surface area contributed by atoms with E-state index in [4.69, 9.17) is 4.74 Å². The van der Waals surface area contributed by atoms with Crippen molar-refractivity contribution in [1.82, 2.24) is 4.98 Å². The summed E-state index contributed by atoms with van der Waals surface area (Å²) in [6, 6.07) is 7.84. The van der Waals surface area contributed by atoms with Gasteiger partial charge in [0.05, 0.1) is 7.11 Å². The number of carbonyl (C=O) groups excluding carboxylic acids is 2. The molecule has 2 rings (SSSR count). The molecule has 0 aliphatic heterocycles. The monoisotopic (exact) mass is 301 g/mol. The lowest BCUT2D eigenvalue weighted by Crippen LogP contribution is -2.20. The van der Waals surface area contributed by atoms with Gasteiger partial charge in [-0.1, -0.05) is 24.3 Å². The van der Waals surface area contributed by atoms with Gasteiger partial charge in [-0.3, -0.25) is 4.79 Å². The first kappa shape index (κ1) is 15.8. The maximum Gasteiger partial charge on any atom is 0.330 e. The third-order valence-corrected chi connectivity index (χ3v) is 3.48. The van der Waals surface area contributed by atoms with Gasteiger partial charge in [0.25, 0.3) is 0 Å². The highest BCUT2D eigenvalue weighted by Crippen LogP contribution is 2.30. The van der Waals surface area contributed by atoms with E-state index in [1.54, 1.807) is 13.0 Å². The summed E-state index contributed by atoms with van der Waals surface area (Å²) in [7, 11) is 1.32. The first-order valence-corrected chi connectivity index (χ1v) is 7.02. The number of aromatic amines is 1. The molecule has 0 unspecified atom stereocenters. The third kappa shape index (κ3) is 3.55. The Bertz CT molecular complexity index is 702. The van der Waals surface area contributed by atoms with E-state index in [0.29, 0.717) is 0 Å². The lowest BCUT2D eigenvalue weighted by molar-refractivity contribution is -0.145. The summed E-state index contributed by atoms with van der Waals surface area (Å²) in [5.41, 5.74) is 1.95. The van der Waals surface area contributed by atoms with Crippen LogP contribution in [0.2, 0.25) is 0 Å². The number of esters is 2. The van der Waals surface area contributed by atoms with E-state index in [9.17, 15) is 9.59 Å². The van der Waals surface area contributed by atoms with Gasteiger partial charge in [-0.05, 0) is 18.6 Å². The van der Waals surface area contributed by atoms with Gasteiger partial charge in [-0.25, -0.2) is 4.79 Å². The van der Waals surface area contributed by atoms with Crippen molar-refractivity contribution < 1.29 is 19.1 Å². The fourth-order valence-electron chi connectivity index (χ4n) is 2.47. The molecule has 1 aromatic heterocycles. The minimum absolute atomic E-state index is 0.251. The highest BCUT2D eigenvalue weighted by atomic mass is 16.5. The highest BCUT2D eigenvalue weighted by molar-refractivity contribution is 5.85. The summed E-state index contributed by atoms with van der Waals surface area (Å²) in [4.78, 5) is 25.8. The molecule has 5 nitrogen and oxygen atoms in total.